The van der Waals surface area contributed by atoms with E-state index in [0.717, 1.165) is 38.9 Å². The van der Waals surface area contributed by atoms with E-state index in [0.29, 0.717) is 17.5 Å². The van der Waals surface area contributed by atoms with Crippen LogP contribution in [-0.2, 0) is 0 Å². The Morgan fingerprint density at radius 1 is 1.22 bits per heavy atom. The predicted octanol–water partition coefficient (Wildman–Crippen LogP) is 3.22. The van der Waals surface area contributed by atoms with Gasteiger partial charge in [0.2, 0.25) is 0 Å². The Labute approximate surface area is 112 Å². The van der Waals surface area contributed by atoms with Crippen LogP contribution in [-0.4, -0.2) is 43.3 Å². The van der Waals surface area contributed by atoms with Crippen molar-refractivity contribution >= 4 is 0 Å². The molecule has 2 nitrogen and oxygen atoms in total. The molecule has 1 rings (SSSR count). The first-order valence-electron chi connectivity index (χ1n) is 7.52. The molecule has 0 aliphatic carbocycles. The Morgan fingerprint density at radius 2 is 1.94 bits per heavy atom. The van der Waals surface area contributed by atoms with E-state index in [4.69, 9.17) is 0 Å². The molecule has 1 N–H and O–H groups in total. The van der Waals surface area contributed by atoms with Crippen molar-refractivity contribution in [2.45, 2.75) is 65.5 Å². The van der Waals surface area contributed by atoms with Crippen molar-refractivity contribution in [1.82, 2.24) is 10.2 Å². The number of nitrogens with zero attached hydrogens (tertiary/aromatic N) is 1. The van der Waals surface area contributed by atoms with Gasteiger partial charge >= 0.3 is 0 Å². The lowest BCUT2D eigenvalue weighted by Crippen LogP contribution is -2.60. The molecule has 0 amide bonds. The number of unbranched alkanes of at least 4 members (excludes halogenated alkanes) is 2. The van der Waals surface area contributed by atoms with Crippen molar-refractivity contribution in [3.05, 3.63) is 0 Å². The third-order valence-electron chi connectivity index (χ3n) is 4.07. The van der Waals surface area contributed by atoms with Crippen LogP contribution in [0.3, 0.4) is 0 Å². The van der Waals surface area contributed by atoms with E-state index in [1.807, 2.05) is 0 Å². The second kappa shape index (κ2) is 7.44. The third kappa shape index (κ3) is 4.85. The Bertz CT molecular complexity index is 225. The number of piperazine rings is 1. The van der Waals surface area contributed by atoms with Gasteiger partial charge in [-0.25, -0.2) is 0 Å². The van der Waals surface area contributed by atoms with Crippen LogP contribution in [0.1, 0.15) is 53.4 Å². The highest BCUT2D eigenvalue weighted by molar-refractivity contribution is 4.91. The molecule has 3 heteroatoms. The molecular formula is C15H31FN2. The van der Waals surface area contributed by atoms with Crippen LogP contribution < -0.4 is 5.32 Å². The number of alkyl halides is 1. The number of hydrogen-bond acceptors (Lipinski definition) is 2. The summed E-state index contributed by atoms with van der Waals surface area (Å²) < 4.78 is 12.1. The number of rotatable bonds is 6. The minimum atomic E-state index is -0.165. The molecule has 0 saturated carbocycles. The average molecular weight is 258 g/mol. The maximum absolute atomic E-state index is 12.1. The lowest BCUT2D eigenvalue weighted by molar-refractivity contribution is 0.0534. The molecule has 18 heavy (non-hydrogen) atoms. The van der Waals surface area contributed by atoms with Gasteiger partial charge in [0.05, 0.1) is 6.67 Å². The van der Waals surface area contributed by atoms with Gasteiger partial charge in [0.1, 0.15) is 0 Å². The van der Waals surface area contributed by atoms with Gasteiger partial charge in [-0.3, -0.25) is 9.29 Å². The average Bonchev–Trinajstić information content (AvgIpc) is 2.33. The van der Waals surface area contributed by atoms with Gasteiger partial charge in [-0.2, -0.15) is 0 Å². The summed E-state index contributed by atoms with van der Waals surface area (Å²) in [6, 6.07) is 1.23. The van der Waals surface area contributed by atoms with Crippen LogP contribution in [0.4, 0.5) is 4.39 Å². The van der Waals surface area contributed by atoms with Crippen molar-refractivity contribution in [3.63, 3.8) is 0 Å². The smallest absolute Gasteiger partial charge is 0.0894 e. The van der Waals surface area contributed by atoms with E-state index in [1.54, 1.807) is 0 Å². The maximum Gasteiger partial charge on any atom is 0.0894 e. The van der Waals surface area contributed by atoms with Crippen LogP contribution in [0.15, 0.2) is 0 Å². The Morgan fingerprint density at radius 3 is 2.50 bits per heavy atom. The fourth-order valence-electron chi connectivity index (χ4n) is 2.84. The van der Waals surface area contributed by atoms with Crippen molar-refractivity contribution in [2.75, 3.05) is 26.3 Å². The minimum Gasteiger partial charge on any atom is -0.311 e. The molecule has 0 bridgehead atoms. The van der Waals surface area contributed by atoms with Crippen molar-refractivity contribution in [2.24, 2.45) is 5.41 Å². The quantitative estimate of drug-likeness (QED) is 0.736. The summed E-state index contributed by atoms with van der Waals surface area (Å²) in [6.07, 6.45) is 4.07. The SMILES string of the molecule is CCC1CN(CCCCCF)C(C(C)(C)C)CN1. The first-order valence-corrected chi connectivity index (χ1v) is 7.52. The number of hydrogen-bond donors (Lipinski definition) is 1. The van der Waals surface area contributed by atoms with E-state index in [1.165, 1.54) is 6.42 Å². The molecule has 0 radical (unpaired) electrons. The van der Waals surface area contributed by atoms with Crippen LogP contribution in [0.25, 0.3) is 0 Å². The summed E-state index contributed by atoms with van der Waals surface area (Å²) in [7, 11) is 0. The topological polar surface area (TPSA) is 15.3 Å². The number of nitrogens with one attached hydrogen (secondary N) is 1. The zero-order chi connectivity index (χ0) is 13.6. The first kappa shape index (κ1) is 15.9. The highest BCUT2D eigenvalue weighted by Gasteiger charge is 2.34. The highest BCUT2D eigenvalue weighted by Crippen LogP contribution is 2.27. The van der Waals surface area contributed by atoms with E-state index in [2.05, 4.69) is 37.9 Å². The molecule has 0 aromatic rings. The van der Waals surface area contributed by atoms with Gasteiger partial charge in [0.25, 0.3) is 0 Å². The van der Waals surface area contributed by atoms with Crippen LogP contribution in [0.2, 0.25) is 0 Å². The summed E-state index contributed by atoms with van der Waals surface area (Å²) in [4.78, 5) is 2.63. The number of halogens is 1. The summed E-state index contributed by atoms with van der Waals surface area (Å²) in [6.45, 7) is 12.4. The zero-order valence-electron chi connectivity index (χ0n) is 12.6. The molecule has 1 fully saturated rings. The van der Waals surface area contributed by atoms with Gasteiger partial charge in [-0.05, 0) is 37.6 Å². The molecular weight excluding hydrogens is 227 g/mol. The van der Waals surface area contributed by atoms with Crippen LogP contribution in [0.5, 0.6) is 0 Å². The lowest BCUT2D eigenvalue weighted by atomic mass is 9.83. The molecule has 108 valence electrons. The van der Waals surface area contributed by atoms with Gasteiger partial charge < -0.3 is 5.32 Å². The molecule has 1 aliphatic heterocycles. The van der Waals surface area contributed by atoms with Gasteiger partial charge in [-0.15, -0.1) is 0 Å². The van der Waals surface area contributed by atoms with E-state index in [-0.39, 0.29) is 6.67 Å². The Kier molecular flexibility index (Phi) is 6.58. The summed E-state index contributed by atoms with van der Waals surface area (Å²) in [5, 5.41) is 3.66. The van der Waals surface area contributed by atoms with Crippen LogP contribution in [0, 0.1) is 5.41 Å². The molecule has 1 saturated heterocycles. The Balaban J connectivity index is 2.49. The molecule has 2 unspecified atom stereocenters. The molecule has 0 spiro atoms. The molecule has 1 aliphatic rings. The Hall–Kier alpha value is -0.150. The van der Waals surface area contributed by atoms with Crippen molar-refractivity contribution in [3.8, 4) is 0 Å². The molecule has 0 aromatic heterocycles. The predicted molar refractivity (Wildman–Crippen MR) is 76.7 cm³/mol. The second-order valence-corrected chi connectivity index (χ2v) is 6.64. The summed E-state index contributed by atoms with van der Waals surface area (Å²) >= 11 is 0. The standard InChI is InChI=1S/C15H31FN2/c1-5-13-12-18(10-8-6-7-9-16)14(11-17-13)15(2,3)4/h13-14,17H,5-12H2,1-4H3. The second-order valence-electron chi connectivity index (χ2n) is 6.64. The minimum absolute atomic E-state index is 0.165. The monoisotopic (exact) mass is 258 g/mol. The van der Waals surface area contributed by atoms with Crippen molar-refractivity contribution in [1.29, 1.82) is 0 Å². The summed E-state index contributed by atoms with van der Waals surface area (Å²) in [5.41, 5.74) is 0.311. The van der Waals surface area contributed by atoms with Crippen LogP contribution >= 0.6 is 0 Å². The zero-order valence-corrected chi connectivity index (χ0v) is 12.6. The normalized spacial score (nSPS) is 26.5. The van der Waals surface area contributed by atoms with Gasteiger partial charge in [0, 0.05) is 25.2 Å². The largest absolute Gasteiger partial charge is 0.311 e. The fourth-order valence-corrected chi connectivity index (χ4v) is 2.84. The third-order valence-corrected chi connectivity index (χ3v) is 4.07. The first-order chi connectivity index (χ1) is 8.49. The van der Waals surface area contributed by atoms with Gasteiger partial charge in [0.15, 0.2) is 0 Å². The molecule has 2 atom stereocenters. The summed E-state index contributed by atoms with van der Waals surface area (Å²) in [5.74, 6) is 0. The fraction of sp³-hybridized carbons (Fsp3) is 1.00. The molecule has 0 aromatic carbocycles. The highest BCUT2D eigenvalue weighted by atomic mass is 19.1. The van der Waals surface area contributed by atoms with Crippen molar-refractivity contribution < 1.29 is 4.39 Å². The lowest BCUT2D eigenvalue weighted by Gasteiger charge is -2.46. The van der Waals surface area contributed by atoms with E-state index < -0.39 is 0 Å². The molecule has 1 heterocycles. The van der Waals surface area contributed by atoms with Gasteiger partial charge in [-0.1, -0.05) is 27.7 Å². The van der Waals surface area contributed by atoms with E-state index in [9.17, 15) is 4.39 Å². The maximum atomic E-state index is 12.1. The van der Waals surface area contributed by atoms with E-state index >= 15 is 0 Å².